The first-order chi connectivity index (χ1) is 11.6. The Morgan fingerprint density at radius 1 is 1.44 bits per heavy atom. The molecule has 1 aromatic heterocycles. The fraction of sp³-hybridized carbons (Fsp3) is 0.467. The van der Waals surface area contributed by atoms with Crippen molar-refractivity contribution in [2.24, 2.45) is 0 Å². The van der Waals surface area contributed by atoms with Crippen molar-refractivity contribution in [2.75, 3.05) is 6.61 Å². The van der Waals surface area contributed by atoms with Crippen molar-refractivity contribution in [1.82, 2.24) is 4.98 Å². The molecule has 0 fully saturated rings. The zero-order valence-corrected chi connectivity index (χ0v) is 13.8. The number of aromatic hydroxyl groups is 1. The SMILES string of the molecule is CC(=O)OC(C)(C)C(=O)OCC1C=CC([n+]2cc(F)c(=O)[nH]c2O)O1. The van der Waals surface area contributed by atoms with Crippen LogP contribution < -0.4 is 10.1 Å². The molecule has 1 aliphatic rings. The number of aromatic nitrogens is 2. The first-order valence-electron chi connectivity index (χ1n) is 7.33. The number of nitrogens with one attached hydrogen (secondary N) is 1. The first-order valence-corrected chi connectivity index (χ1v) is 7.33. The van der Waals surface area contributed by atoms with E-state index in [4.69, 9.17) is 14.2 Å². The Kier molecular flexibility index (Phi) is 5.21. The fourth-order valence-corrected chi connectivity index (χ4v) is 2.14. The minimum absolute atomic E-state index is 0.177. The Bertz CT molecular complexity index is 772. The maximum atomic E-state index is 13.3. The minimum Gasteiger partial charge on any atom is -0.460 e. The molecule has 0 saturated carbocycles. The summed E-state index contributed by atoms with van der Waals surface area (Å²) in [6.07, 6.45) is 2.28. The summed E-state index contributed by atoms with van der Waals surface area (Å²) in [7, 11) is 0. The Morgan fingerprint density at radius 3 is 2.76 bits per heavy atom. The monoisotopic (exact) mass is 357 g/mol. The van der Waals surface area contributed by atoms with Crippen LogP contribution >= 0.6 is 0 Å². The van der Waals surface area contributed by atoms with Gasteiger partial charge in [0.1, 0.15) is 18.9 Å². The number of ether oxygens (including phenoxy) is 3. The average molecular weight is 357 g/mol. The maximum absolute atomic E-state index is 13.3. The highest BCUT2D eigenvalue weighted by Crippen LogP contribution is 2.19. The summed E-state index contributed by atoms with van der Waals surface area (Å²) in [5, 5.41) is 9.66. The van der Waals surface area contributed by atoms with Crippen LogP contribution in [0.3, 0.4) is 0 Å². The molecule has 0 bridgehead atoms. The molecule has 2 unspecified atom stereocenters. The topological polar surface area (TPSA) is 119 Å². The zero-order valence-electron chi connectivity index (χ0n) is 13.8. The summed E-state index contributed by atoms with van der Waals surface area (Å²) >= 11 is 0. The second-order valence-electron chi connectivity index (χ2n) is 5.81. The Labute approximate surface area is 141 Å². The molecule has 10 heteroatoms. The third-order valence-corrected chi connectivity index (χ3v) is 3.29. The van der Waals surface area contributed by atoms with E-state index in [0.717, 1.165) is 10.8 Å². The average Bonchev–Trinajstić information content (AvgIpc) is 2.95. The lowest BCUT2D eigenvalue weighted by atomic mass is 10.1. The Morgan fingerprint density at radius 2 is 2.12 bits per heavy atom. The number of esters is 2. The minimum atomic E-state index is -1.44. The van der Waals surface area contributed by atoms with Gasteiger partial charge in [0, 0.05) is 6.92 Å². The van der Waals surface area contributed by atoms with Gasteiger partial charge in [0.05, 0.1) is 0 Å². The number of rotatable bonds is 5. The van der Waals surface area contributed by atoms with Crippen LogP contribution in [0.15, 0.2) is 23.1 Å². The van der Waals surface area contributed by atoms with Crippen molar-refractivity contribution in [3.05, 3.63) is 34.5 Å². The van der Waals surface area contributed by atoms with Crippen molar-refractivity contribution < 1.29 is 37.9 Å². The van der Waals surface area contributed by atoms with E-state index in [0.29, 0.717) is 0 Å². The van der Waals surface area contributed by atoms with Crippen LogP contribution in [0.5, 0.6) is 6.01 Å². The molecule has 0 amide bonds. The van der Waals surface area contributed by atoms with Crippen LogP contribution in [-0.2, 0) is 23.8 Å². The van der Waals surface area contributed by atoms with Gasteiger partial charge in [-0.2, -0.15) is 13.9 Å². The first kappa shape index (κ1) is 18.6. The summed E-state index contributed by atoms with van der Waals surface area (Å²) in [5.41, 5.74) is -2.50. The van der Waals surface area contributed by atoms with Crippen molar-refractivity contribution in [2.45, 2.75) is 38.7 Å². The third-order valence-electron chi connectivity index (χ3n) is 3.29. The van der Waals surface area contributed by atoms with Crippen LogP contribution in [0.1, 0.15) is 27.0 Å². The van der Waals surface area contributed by atoms with Crippen molar-refractivity contribution in [1.29, 1.82) is 0 Å². The van der Waals surface area contributed by atoms with E-state index < -0.39 is 47.3 Å². The number of halogens is 1. The quantitative estimate of drug-likeness (QED) is 0.427. The van der Waals surface area contributed by atoms with Crippen LogP contribution in [0.4, 0.5) is 4.39 Å². The second kappa shape index (κ2) is 7.01. The number of hydrogen-bond acceptors (Lipinski definition) is 7. The summed E-state index contributed by atoms with van der Waals surface area (Å²) in [5.74, 6) is -2.47. The van der Waals surface area contributed by atoms with E-state index in [2.05, 4.69) is 0 Å². The van der Waals surface area contributed by atoms with Gasteiger partial charge in [-0.15, -0.1) is 0 Å². The summed E-state index contributed by atoms with van der Waals surface area (Å²) < 4.78 is 29.7. The van der Waals surface area contributed by atoms with Crippen LogP contribution in [0, 0.1) is 5.82 Å². The molecule has 1 aliphatic heterocycles. The predicted octanol–water partition coefficient (Wildman–Crippen LogP) is -0.154. The van der Waals surface area contributed by atoms with E-state index in [9.17, 15) is 23.9 Å². The number of hydrogen-bond donors (Lipinski definition) is 2. The third kappa shape index (κ3) is 4.41. The Balaban J connectivity index is 1.95. The fourth-order valence-electron chi connectivity index (χ4n) is 2.14. The van der Waals surface area contributed by atoms with Gasteiger partial charge in [-0.05, 0) is 26.0 Å². The van der Waals surface area contributed by atoms with Crippen LogP contribution in [-0.4, -0.2) is 40.3 Å². The normalized spacial score (nSPS) is 19.7. The van der Waals surface area contributed by atoms with E-state index >= 15 is 0 Å². The van der Waals surface area contributed by atoms with Crippen molar-refractivity contribution >= 4 is 11.9 Å². The lowest BCUT2D eigenvalue weighted by Crippen LogP contribution is -2.43. The van der Waals surface area contributed by atoms with Gasteiger partial charge >= 0.3 is 23.5 Å². The maximum Gasteiger partial charge on any atom is 0.456 e. The number of H-pyrrole nitrogens is 1. The molecule has 2 rings (SSSR count). The second-order valence-corrected chi connectivity index (χ2v) is 5.81. The molecule has 2 N–H and O–H groups in total. The molecule has 0 spiro atoms. The van der Waals surface area contributed by atoms with E-state index in [1.807, 2.05) is 4.98 Å². The largest absolute Gasteiger partial charge is 0.460 e. The standard InChI is InChI=1S/C15H17FN2O7/c1-8(19)25-15(2,3)13(21)23-7-9-4-5-11(24-9)18-6-10(16)12(20)17-14(18)22/h4-6,9,11H,7H2,1-3H3,(H,17,20,22)/p+1. The van der Waals surface area contributed by atoms with Crippen LogP contribution in [0.25, 0.3) is 0 Å². The molecule has 0 aliphatic carbocycles. The molecule has 25 heavy (non-hydrogen) atoms. The lowest BCUT2D eigenvalue weighted by molar-refractivity contribution is -0.757. The highest BCUT2D eigenvalue weighted by Gasteiger charge is 2.34. The molecule has 1 aromatic rings. The van der Waals surface area contributed by atoms with E-state index in [1.54, 1.807) is 6.08 Å². The smallest absolute Gasteiger partial charge is 0.456 e. The molecule has 0 radical (unpaired) electrons. The summed E-state index contributed by atoms with van der Waals surface area (Å²) in [6.45, 7) is 3.78. The van der Waals surface area contributed by atoms with Gasteiger partial charge in [-0.25, -0.2) is 9.59 Å². The highest BCUT2D eigenvalue weighted by molar-refractivity contribution is 5.82. The summed E-state index contributed by atoms with van der Waals surface area (Å²) in [6, 6.07) is -0.588. The molecule has 136 valence electrons. The molecular weight excluding hydrogens is 339 g/mol. The molecule has 2 atom stereocenters. The van der Waals surface area contributed by atoms with Crippen molar-refractivity contribution in [3.63, 3.8) is 0 Å². The number of aromatic amines is 1. The molecule has 0 aromatic carbocycles. The number of carbonyl (C=O) groups excluding carboxylic acids is 2. The predicted molar refractivity (Wildman–Crippen MR) is 78.7 cm³/mol. The summed E-state index contributed by atoms with van der Waals surface area (Å²) in [4.78, 5) is 35.9. The van der Waals surface area contributed by atoms with E-state index in [-0.39, 0.29) is 6.61 Å². The van der Waals surface area contributed by atoms with Gasteiger partial charge in [0.15, 0.2) is 0 Å². The zero-order chi connectivity index (χ0) is 18.8. The molecular formula is C15H18FN2O7+. The van der Waals surface area contributed by atoms with Crippen LogP contribution in [0.2, 0.25) is 0 Å². The van der Waals surface area contributed by atoms with E-state index in [1.165, 1.54) is 26.8 Å². The van der Waals surface area contributed by atoms with Gasteiger partial charge < -0.3 is 19.3 Å². The molecule has 9 nitrogen and oxygen atoms in total. The number of carbonyl (C=O) groups is 2. The highest BCUT2D eigenvalue weighted by atomic mass is 19.1. The van der Waals surface area contributed by atoms with Crippen molar-refractivity contribution in [3.8, 4) is 6.01 Å². The van der Waals surface area contributed by atoms with Gasteiger partial charge in [-0.3, -0.25) is 4.79 Å². The lowest BCUT2D eigenvalue weighted by Gasteiger charge is -2.23. The molecule has 0 saturated heterocycles. The van der Waals surface area contributed by atoms with Gasteiger partial charge in [-0.1, -0.05) is 0 Å². The van der Waals surface area contributed by atoms with Gasteiger partial charge in [0.2, 0.25) is 11.8 Å². The number of nitrogens with zero attached hydrogens (tertiary/aromatic N) is 1. The molecule has 2 heterocycles. The van der Waals surface area contributed by atoms with Gasteiger partial charge in [0.25, 0.3) is 5.82 Å². The Hall–Kier alpha value is -2.75.